The Labute approximate surface area is 169 Å². The number of hydrogen-bond donors (Lipinski definition) is 1. The fraction of sp³-hybridized carbons (Fsp3) is 0.650. The van der Waals surface area contributed by atoms with Crippen molar-refractivity contribution in [2.75, 3.05) is 6.61 Å². The van der Waals surface area contributed by atoms with E-state index in [0.29, 0.717) is 5.56 Å². The summed E-state index contributed by atoms with van der Waals surface area (Å²) in [6, 6.07) is 6.90. The molecule has 0 bridgehead atoms. The molecule has 0 aliphatic carbocycles. The lowest BCUT2D eigenvalue weighted by molar-refractivity contribution is -0.530. The van der Waals surface area contributed by atoms with Crippen LogP contribution in [0.3, 0.4) is 0 Å². The van der Waals surface area contributed by atoms with Crippen molar-refractivity contribution in [1.29, 1.82) is 0 Å². The van der Waals surface area contributed by atoms with Crippen molar-refractivity contribution >= 4 is 14.4 Å². The third kappa shape index (κ3) is 7.24. The van der Waals surface area contributed by atoms with Crippen LogP contribution in [0.2, 0.25) is 18.1 Å². The predicted molar refractivity (Wildman–Crippen MR) is 112 cm³/mol. The SMILES string of the molecule is CC(C)(C)OC(=O)N[C@@H](c1ccccc1)[C@H](CO[Si](C)(C)C(C)(C)C)[N+](=O)[O-]. The molecule has 1 aromatic rings. The van der Waals surface area contributed by atoms with Gasteiger partial charge in [-0.25, -0.2) is 4.79 Å². The topological polar surface area (TPSA) is 90.7 Å². The Morgan fingerprint density at radius 3 is 2.11 bits per heavy atom. The summed E-state index contributed by atoms with van der Waals surface area (Å²) in [5.41, 5.74) is -0.0681. The van der Waals surface area contributed by atoms with Gasteiger partial charge in [-0.3, -0.25) is 10.1 Å². The second-order valence-corrected chi connectivity index (χ2v) is 14.3. The molecule has 0 spiro atoms. The first-order valence-electron chi connectivity index (χ1n) is 9.46. The molecular formula is C20H34N2O5Si. The van der Waals surface area contributed by atoms with Crippen molar-refractivity contribution in [2.24, 2.45) is 0 Å². The van der Waals surface area contributed by atoms with Gasteiger partial charge in [0.1, 0.15) is 18.2 Å². The third-order valence-electron chi connectivity index (χ3n) is 4.91. The van der Waals surface area contributed by atoms with Crippen molar-refractivity contribution < 1.29 is 18.9 Å². The number of alkyl carbamates (subject to hydrolysis) is 1. The maximum absolute atomic E-state index is 12.3. The zero-order valence-corrected chi connectivity index (χ0v) is 19.2. The molecule has 7 nitrogen and oxygen atoms in total. The number of carbonyl (C=O) groups is 1. The van der Waals surface area contributed by atoms with Gasteiger partial charge in [-0.2, -0.15) is 0 Å². The molecule has 0 fully saturated rings. The molecule has 0 aromatic heterocycles. The van der Waals surface area contributed by atoms with E-state index in [0.717, 1.165) is 0 Å². The maximum atomic E-state index is 12.3. The summed E-state index contributed by atoms with van der Waals surface area (Å²) in [6.45, 7) is 15.5. The standard InChI is InChI=1S/C20H34N2O5Si/c1-19(2,3)27-18(23)21-17(15-12-10-9-11-13-15)16(22(24)25)14-26-28(7,8)20(4,5)6/h9-13,16-17H,14H2,1-8H3,(H,21,23)/t16-,17-/m0/s1. The van der Waals surface area contributed by atoms with Crippen molar-refractivity contribution in [3.63, 3.8) is 0 Å². The number of rotatable bonds is 7. The number of nitrogens with one attached hydrogen (secondary N) is 1. The lowest BCUT2D eigenvalue weighted by Crippen LogP contribution is -2.48. The molecular weight excluding hydrogens is 376 g/mol. The van der Waals surface area contributed by atoms with Crippen LogP contribution in [0, 0.1) is 10.1 Å². The summed E-state index contributed by atoms with van der Waals surface area (Å²) in [5, 5.41) is 14.5. The van der Waals surface area contributed by atoms with Crippen molar-refractivity contribution in [1.82, 2.24) is 5.32 Å². The molecule has 0 aliphatic heterocycles. The zero-order chi connectivity index (χ0) is 21.8. The molecule has 1 amide bonds. The van der Waals surface area contributed by atoms with E-state index in [2.05, 4.69) is 26.1 Å². The molecule has 8 heteroatoms. The zero-order valence-electron chi connectivity index (χ0n) is 18.2. The van der Waals surface area contributed by atoms with Gasteiger partial charge in [0.15, 0.2) is 8.32 Å². The molecule has 28 heavy (non-hydrogen) atoms. The van der Waals surface area contributed by atoms with Gasteiger partial charge in [0.2, 0.25) is 0 Å². The Bertz CT molecular complexity index is 665. The minimum atomic E-state index is -2.19. The molecule has 0 saturated carbocycles. The number of nitro groups is 1. The summed E-state index contributed by atoms with van der Waals surface area (Å²) >= 11 is 0. The first-order chi connectivity index (χ1) is 12.6. The summed E-state index contributed by atoms with van der Waals surface area (Å²) in [5.74, 6) is 0. The predicted octanol–water partition coefficient (Wildman–Crippen LogP) is 4.92. The van der Waals surface area contributed by atoms with E-state index in [-0.39, 0.29) is 16.6 Å². The van der Waals surface area contributed by atoms with Crippen molar-refractivity contribution in [2.45, 2.75) is 77.4 Å². The van der Waals surface area contributed by atoms with Crippen LogP contribution in [0.5, 0.6) is 0 Å². The molecule has 1 rings (SSSR count). The van der Waals surface area contributed by atoms with E-state index < -0.39 is 32.1 Å². The average Bonchev–Trinajstić information content (AvgIpc) is 2.51. The first kappa shape index (κ1) is 24.1. The molecule has 0 aliphatic rings. The molecule has 1 aromatic carbocycles. The van der Waals surface area contributed by atoms with Crippen LogP contribution in [-0.4, -0.2) is 37.6 Å². The highest BCUT2D eigenvalue weighted by atomic mass is 28.4. The van der Waals surface area contributed by atoms with Gasteiger partial charge in [-0.1, -0.05) is 51.1 Å². The Morgan fingerprint density at radius 2 is 1.68 bits per heavy atom. The molecule has 1 N–H and O–H groups in total. The number of amides is 1. The van der Waals surface area contributed by atoms with Crippen LogP contribution < -0.4 is 5.32 Å². The van der Waals surface area contributed by atoms with Crippen LogP contribution in [0.25, 0.3) is 0 Å². The van der Waals surface area contributed by atoms with Gasteiger partial charge in [0.25, 0.3) is 6.04 Å². The Hall–Kier alpha value is -1.93. The van der Waals surface area contributed by atoms with Crippen LogP contribution in [-0.2, 0) is 9.16 Å². The van der Waals surface area contributed by atoms with Crippen LogP contribution in [0.4, 0.5) is 4.79 Å². The maximum Gasteiger partial charge on any atom is 0.408 e. The smallest absolute Gasteiger partial charge is 0.408 e. The minimum absolute atomic E-state index is 0.0744. The normalized spacial score (nSPS) is 14.9. The summed E-state index contributed by atoms with van der Waals surface area (Å²) in [6.07, 6.45) is -0.694. The second kappa shape index (κ2) is 9.04. The fourth-order valence-corrected chi connectivity index (χ4v) is 3.31. The Balaban J connectivity index is 3.13. The van der Waals surface area contributed by atoms with E-state index in [1.807, 2.05) is 19.2 Å². The van der Waals surface area contributed by atoms with Gasteiger partial charge in [0.05, 0.1) is 0 Å². The second-order valence-electron chi connectivity index (χ2n) is 9.46. The average molecular weight is 411 g/mol. The summed E-state index contributed by atoms with van der Waals surface area (Å²) in [7, 11) is -2.19. The van der Waals surface area contributed by atoms with Gasteiger partial charge < -0.3 is 14.5 Å². The third-order valence-corrected chi connectivity index (χ3v) is 9.41. The summed E-state index contributed by atoms with van der Waals surface area (Å²) in [4.78, 5) is 23.9. The van der Waals surface area contributed by atoms with Gasteiger partial charge >= 0.3 is 6.09 Å². The number of nitrogens with zero attached hydrogens (tertiary/aromatic N) is 1. The first-order valence-corrected chi connectivity index (χ1v) is 12.4. The minimum Gasteiger partial charge on any atom is -0.444 e. The molecule has 2 atom stereocenters. The molecule has 0 heterocycles. The van der Waals surface area contributed by atoms with E-state index >= 15 is 0 Å². The molecule has 0 unspecified atom stereocenters. The van der Waals surface area contributed by atoms with Crippen molar-refractivity contribution in [3.8, 4) is 0 Å². The van der Waals surface area contributed by atoms with Gasteiger partial charge in [-0.05, 0) is 44.5 Å². The van der Waals surface area contributed by atoms with E-state index in [9.17, 15) is 14.9 Å². The molecule has 0 saturated heterocycles. The van der Waals surface area contributed by atoms with Crippen LogP contribution in [0.15, 0.2) is 30.3 Å². The monoisotopic (exact) mass is 410 g/mol. The fourth-order valence-electron chi connectivity index (χ4n) is 2.29. The lowest BCUT2D eigenvalue weighted by atomic mass is 10.0. The number of hydrogen-bond acceptors (Lipinski definition) is 5. The van der Waals surface area contributed by atoms with E-state index in [1.165, 1.54) is 0 Å². The summed E-state index contributed by atoms with van der Waals surface area (Å²) < 4.78 is 11.4. The van der Waals surface area contributed by atoms with E-state index in [4.69, 9.17) is 9.16 Å². The van der Waals surface area contributed by atoms with Crippen LogP contribution >= 0.6 is 0 Å². The highest BCUT2D eigenvalue weighted by molar-refractivity contribution is 6.74. The molecule has 158 valence electrons. The van der Waals surface area contributed by atoms with Gasteiger partial charge in [-0.15, -0.1) is 0 Å². The van der Waals surface area contributed by atoms with E-state index in [1.54, 1.807) is 45.0 Å². The van der Waals surface area contributed by atoms with Crippen LogP contribution in [0.1, 0.15) is 53.1 Å². The number of ether oxygens (including phenoxy) is 1. The quantitative estimate of drug-likeness (QED) is 0.391. The largest absolute Gasteiger partial charge is 0.444 e. The highest BCUT2D eigenvalue weighted by Crippen LogP contribution is 2.37. The number of carbonyl (C=O) groups excluding carboxylic acids is 1. The van der Waals surface area contributed by atoms with Gasteiger partial charge in [0, 0.05) is 4.92 Å². The Kier molecular flexibility index (Phi) is 7.79. The van der Waals surface area contributed by atoms with Crippen molar-refractivity contribution in [3.05, 3.63) is 46.0 Å². The highest BCUT2D eigenvalue weighted by Gasteiger charge is 2.42. The number of benzene rings is 1. The molecule has 0 radical (unpaired) electrons. The lowest BCUT2D eigenvalue weighted by Gasteiger charge is -2.37. The Morgan fingerprint density at radius 1 is 1.14 bits per heavy atom.